The number of oxime groups is 1. The van der Waals surface area contributed by atoms with E-state index in [1.54, 1.807) is 7.11 Å². The summed E-state index contributed by atoms with van der Waals surface area (Å²) < 4.78 is 4.95. The summed E-state index contributed by atoms with van der Waals surface area (Å²) in [6.45, 7) is 0.939. The smallest absolute Gasteiger partial charge is 0.264 e. The highest BCUT2D eigenvalue weighted by molar-refractivity contribution is 5.98. The molecule has 1 aliphatic heterocycles. The molecule has 1 N–H and O–H groups in total. The van der Waals surface area contributed by atoms with Gasteiger partial charge in [-0.1, -0.05) is 65.8 Å². The molecule has 5 nitrogen and oxygen atoms in total. The molecule has 0 fully saturated rings. The number of methoxy groups -OCH3 is 1. The molecule has 0 radical (unpaired) electrons. The van der Waals surface area contributed by atoms with Crippen LogP contribution in [0, 0.1) is 0 Å². The van der Waals surface area contributed by atoms with Crippen LogP contribution in [0.25, 0.3) is 0 Å². The Morgan fingerprint density at radius 1 is 1.16 bits per heavy atom. The van der Waals surface area contributed by atoms with E-state index in [1.807, 2.05) is 36.4 Å². The maximum absolute atomic E-state index is 12.2. The lowest BCUT2D eigenvalue weighted by Gasteiger charge is -2.17. The fourth-order valence-electron chi connectivity index (χ4n) is 2.97. The maximum atomic E-state index is 12.2. The van der Waals surface area contributed by atoms with E-state index in [0.29, 0.717) is 19.6 Å². The fraction of sp³-hybridized carbons (Fsp3) is 0.300. The first-order valence-electron chi connectivity index (χ1n) is 8.38. The normalized spacial score (nSPS) is 16.4. The highest BCUT2D eigenvalue weighted by Gasteiger charge is 2.33. The molecule has 0 saturated carbocycles. The molecule has 25 heavy (non-hydrogen) atoms. The van der Waals surface area contributed by atoms with E-state index in [4.69, 9.17) is 9.57 Å². The monoisotopic (exact) mass is 338 g/mol. The van der Waals surface area contributed by atoms with Gasteiger partial charge in [-0.15, -0.1) is 0 Å². The van der Waals surface area contributed by atoms with Gasteiger partial charge >= 0.3 is 0 Å². The molecule has 130 valence electrons. The van der Waals surface area contributed by atoms with E-state index in [1.165, 1.54) is 0 Å². The number of rotatable bonds is 7. The van der Waals surface area contributed by atoms with Crippen molar-refractivity contribution in [3.63, 3.8) is 0 Å². The van der Waals surface area contributed by atoms with Gasteiger partial charge in [0.2, 0.25) is 6.10 Å². The van der Waals surface area contributed by atoms with Crippen molar-refractivity contribution in [3.8, 4) is 0 Å². The number of carbonyl (C=O) groups excluding carboxylic acids is 1. The van der Waals surface area contributed by atoms with Crippen molar-refractivity contribution in [2.45, 2.75) is 18.4 Å². The Bertz CT molecular complexity index is 677. The molecule has 0 spiro atoms. The van der Waals surface area contributed by atoms with E-state index in [9.17, 15) is 4.79 Å². The molecule has 1 unspecified atom stereocenters. The lowest BCUT2D eigenvalue weighted by molar-refractivity contribution is -0.131. The Kier molecular flexibility index (Phi) is 5.80. The number of benzene rings is 2. The van der Waals surface area contributed by atoms with Crippen LogP contribution in [-0.4, -0.2) is 38.0 Å². The van der Waals surface area contributed by atoms with E-state index in [2.05, 4.69) is 34.7 Å². The molecular weight excluding hydrogens is 316 g/mol. The molecule has 1 amide bonds. The van der Waals surface area contributed by atoms with Crippen LogP contribution in [0.2, 0.25) is 0 Å². The summed E-state index contributed by atoms with van der Waals surface area (Å²) in [4.78, 5) is 17.6. The number of ether oxygens (including phenoxy) is 1. The van der Waals surface area contributed by atoms with Gasteiger partial charge in [-0.2, -0.15) is 0 Å². The molecule has 0 aliphatic carbocycles. The van der Waals surface area contributed by atoms with Gasteiger partial charge in [-0.3, -0.25) is 4.79 Å². The zero-order valence-corrected chi connectivity index (χ0v) is 14.2. The van der Waals surface area contributed by atoms with Crippen molar-refractivity contribution in [1.29, 1.82) is 0 Å². The largest absolute Gasteiger partial charge is 0.383 e. The minimum atomic E-state index is -0.582. The third-order valence-electron chi connectivity index (χ3n) is 4.19. The summed E-state index contributed by atoms with van der Waals surface area (Å²) in [5.41, 5.74) is 3.14. The second kappa shape index (κ2) is 8.44. The Hall–Kier alpha value is -2.66. The molecule has 3 rings (SSSR count). The average molecular weight is 338 g/mol. The van der Waals surface area contributed by atoms with Crippen molar-refractivity contribution < 1.29 is 14.4 Å². The van der Waals surface area contributed by atoms with Crippen molar-refractivity contribution in [2.24, 2.45) is 5.16 Å². The number of amides is 1. The van der Waals surface area contributed by atoms with Crippen LogP contribution < -0.4 is 5.32 Å². The minimum absolute atomic E-state index is 0.0147. The molecule has 2 aromatic rings. The van der Waals surface area contributed by atoms with E-state index in [0.717, 1.165) is 16.8 Å². The second-order valence-electron chi connectivity index (χ2n) is 5.92. The molecular formula is C20H22N2O3. The third kappa shape index (κ3) is 4.25. The van der Waals surface area contributed by atoms with Crippen LogP contribution in [0.5, 0.6) is 0 Å². The quantitative estimate of drug-likeness (QED) is 0.790. The fourth-order valence-corrected chi connectivity index (χ4v) is 2.97. The molecule has 0 saturated heterocycles. The molecule has 1 atom stereocenters. The number of nitrogens with zero attached hydrogens (tertiary/aromatic N) is 1. The molecule has 1 heterocycles. The van der Waals surface area contributed by atoms with Gasteiger partial charge in [0.1, 0.15) is 0 Å². The van der Waals surface area contributed by atoms with Gasteiger partial charge in [0.25, 0.3) is 5.91 Å². The third-order valence-corrected chi connectivity index (χ3v) is 4.19. The summed E-state index contributed by atoms with van der Waals surface area (Å²) >= 11 is 0. The Labute approximate surface area is 147 Å². The first-order chi connectivity index (χ1) is 12.3. The topological polar surface area (TPSA) is 59.9 Å². The van der Waals surface area contributed by atoms with Gasteiger partial charge in [0, 0.05) is 20.1 Å². The van der Waals surface area contributed by atoms with Crippen LogP contribution in [0.3, 0.4) is 0 Å². The first kappa shape index (κ1) is 17.2. The highest BCUT2D eigenvalue weighted by atomic mass is 16.6. The molecule has 1 aliphatic rings. The van der Waals surface area contributed by atoms with Crippen molar-refractivity contribution >= 4 is 11.6 Å². The number of hydrogen-bond acceptors (Lipinski definition) is 4. The minimum Gasteiger partial charge on any atom is -0.383 e. The van der Waals surface area contributed by atoms with Gasteiger partial charge in [-0.25, -0.2) is 0 Å². The summed E-state index contributed by atoms with van der Waals surface area (Å²) in [6.07, 6.45) is -0.102. The van der Waals surface area contributed by atoms with Gasteiger partial charge in [0.05, 0.1) is 18.2 Å². The number of hydrogen-bond donors (Lipinski definition) is 1. The van der Waals surface area contributed by atoms with Crippen LogP contribution in [0.15, 0.2) is 65.8 Å². The van der Waals surface area contributed by atoms with Crippen molar-refractivity contribution in [1.82, 2.24) is 5.32 Å². The predicted molar refractivity (Wildman–Crippen MR) is 96.5 cm³/mol. The molecule has 2 aromatic carbocycles. The predicted octanol–water partition coefficient (Wildman–Crippen LogP) is 2.73. The lowest BCUT2D eigenvalue weighted by atomic mass is 9.85. The van der Waals surface area contributed by atoms with Crippen LogP contribution in [-0.2, 0) is 14.4 Å². The number of carbonyl (C=O) groups is 1. The molecule has 0 aromatic heterocycles. The Morgan fingerprint density at radius 3 is 2.32 bits per heavy atom. The SMILES string of the molecule is COCCNC(=O)C1CC(C(c2ccccc2)c2ccccc2)=NO1. The van der Waals surface area contributed by atoms with Crippen LogP contribution >= 0.6 is 0 Å². The Balaban J connectivity index is 1.76. The van der Waals surface area contributed by atoms with Crippen LogP contribution in [0.4, 0.5) is 0 Å². The summed E-state index contributed by atoms with van der Waals surface area (Å²) in [5, 5.41) is 7.05. The Morgan fingerprint density at radius 2 is 1.76 bits per heavy atom. The maximum Gasteiger partial charge on any atom is 0.264 e. The average Bonchev–Trinajstić information content (AvgIpc) is 3.14. The van der Waals surface area contributed by atoms with Gasteiger partial charge in [0.15, 0.2) is 0 Å². The zero-order chi connectivity index (χ0) is 17.5. The number of nitrogens with one attached hydrogen (secondary N) is 1. The van der Waals surface area contributed by atoms with Crippen LogP contribution in [0.1, 0.15) is 23.5 Å². The van der Waals surface area contributed by atoms with Crippen molar-refractivity contribution in [2.75, 3.05) is 20.3 Å². The second-order valence-corrected chi connectivity index (χ2v) is 5.92. The van der Waals surface area contributed by atoms with E-state index in [-0.39, 0.29) is 11.8 Å². The molecule has 5 heteroatoms. The highest BCUT2D eigenvalue weighted by Crippen LogP contribution is 2.31. The van der Waals surface area contributed by atoms with Gasteiger partial charge in [-0.05, 0) is 11.1 Å². The van der Waals surface area contributed by atoms with Crippen molar-refractivity contribution in [3.05, 3.63) is 71.8 Å². The summed E-state index contributed by atoms with van der Waals surface area (Å²) in [7, 11) is 1.60. The molecule has 0 bridgehead atoms. The lowest BCUT2D eigenvalue weighted by Crippen LogP contribution is -2.36. The summed E-state index contributed by atoms with van der Waals surface area (Å²) in [6, 6.07) is 20.3. The standard InChI is InChI=1S/C20H22N2O3/c1-24-13-12-21-20(23)18-14-17(22-25-18)19(15-8-4-2-5-9-15)16-10-6-3-7-11-16/h2-11,18-19H,12-14H2,1H3,(H,21,23). The van der Waals surface area contributed by atoms with Gasteiger partial charge < -0.3 is 14.9 Å². The zero-order valence-electron chi connectivity index (χ0n) is 14.2. The van der Waals surface area contributed by atoms with E-state index >= 15 is 0 Å². The summed E-state index contributed by atoms with van der Waals surface area (Å²) in [5.74, 6) is -0.171. The van der Waals surface area contributed by atoms with E-state index < -0.39 is 6.10 Å². The first-order valence-corrected chi connectivity index (χ1v) is 8.38.